The van der Waals surface area contributed by atoms with Crippen molar-refractivity contribution in [3.63, 3.8) is 0 Å². The summed E-state index contributed by atoms with van der Waals surface area (Å²) in [7, 11) is 1.92. The first-order valence-electron chi connectivity index (χ1n) is 14.3. The standard InChI is InChI=1S/C12H17F7O3.C6H8F4O2.C6H11F3O.2CH3FO/c1-2-21-11(18)7-10(16,17)12(11,19)22-6-5-20-4-3-9(14,15)8-13;7-5(8)3-6(9,4-5)11-1-2-12-10;1-2-10-4-3-6(8,9)5-7;2*1-3-2/h2-8H2,1H3;1-4H2;2-5H2,1H3;2*1H3. The zero-order chi connectivity index (χ0) is 39.8. The van der Waals surface area contributed by atoms with Crippen LogP contribution in [0.2, 0.25) is 0 Å². The lowest BCUT2D eigenvalue weighted by Crippen LogP contribution is -2.74. The third kappa shape index (κ3) is 21.2. The summed E-state index contributed by atoms with van der Waals surface area (Å²) in [5.74, 6) is -23.3. The zero-order valence-corrected chi connectivity index (χ0v) is 27.4. The normalized spacial score (nSPS) is 22.8. The highest BCUT2D eigenvalue weighted by Gasteiger charge is 2.83. The number of halogens is 16. The van der Waals surface area contributed by atoms with Gasteiger partial charge >= 0.3 is 11.8 Å². The van der Waals surface area contributed by atoms with Gasteiger partial charge in [0.1, 0.15) is 6.61 Å². The van der Waals surface area contributed by atoms with Gasteiger partial charge in [0.15, 0.2) is 13.3 Å². The van der Waals surface area contributed by atoms with E-state index in [0.29, 0.717) is 6.61 Å². The third-order valence-electron chi connectivity index (χ3n) is 5.69. The molecule has 0 N–H and O–H groups in total. The maximum Gasteiger partial charge on any atom is 0.332 e. The van der Waals surface area contributed by atoms with Crippen molar-refractivity contribution in [3.8, 4) is 0 Å². The molecule has 2 rings (SSSR count). The Morgan fingerprint density at radius 1 is 0.560 bits per heavy atom. The van der Waals surface area contributed by atoms with Crippen LogP contribution in [-0.2, 0) is 38.5 Å². The molecular formula is C26H42F16O8. The van der Waals surface area contributed by atoms with Gasteiger partial charge in [-0.2, -0.15) is 28.0 Å². The lowest BCUT2D eigenvalue weighted by molar-refractivity contribution is -0.467. The van der Waals surface area contributed by atoms with Crippen molar-refractivity contribution in [2.24, 2.45) is 0 Å². The van der Waals surface area contributed by atoms with Crippen LogP contribution in [0.3, 0.4) is 0 Å². The van der Waals surface area contributed by atoms with Gasteiger partial charge in [-0.15, -0.1) is 0 Å². The Morgan fingerprint density at radius 2 is 1.00 bits per heavy atom. The Balaban J connectivity index is -0.000000663. The van der Waals surface area contributed by atoms with E-state index in [1.54, 1.807) is 6.92 Å². The quantitative estimate of drug-likeness (QED) is 0.0955. The van der Waals surface area contributed by atoms with Crippen molar-refractivity contribution in [1.29, 1.82) is 0 Å². The van der Waals surface area contributed by atoms with E-state index >= 15 is 0 Å². The van der Waals surface area contributed by atoms with E-state index in [2.05, 4.69) is 38.5 Å². The molecule has 0 saturated heterocycles. The van der Waals surface area contributed by atoms with Crippen molar-refractivity contribution in [2.75, 3.05) is 80.4 Å². The summed E-state index contributed by atoms with van der Waals surface area (Å²) in [4.78, 5) is 8.58. The van der Waals surface area contributed by atoms with Crippen molar-refractivity contribution < 1.29 is 109 Å². The molecule has 8 nitrogen and oxygen atoms in total. The fourth-order valence-electron chi connectivity index (χ4n) is 3.41. The number of hydrogen-bond donors (Lipinski definition) is 0. The van der Waals surface area contributed by atoms with Crippen LogP contribution in [0.4, 0.5) is 70.7 Å². The Kier molecular flexibility index (Phi) is 27.0. The van der Waals surface area contributed by atoms with E-state index < -0.39 is 113 Å². The summed E-state index contributed by atoms with van der Waals surface area (Å²) in [6, 6.07) is 0. The maximum atomic E-state index is 14.0. The van der Waals surface area contributed by atoms with Crippen molar-refractivity contribution >= 4 is 0 Å². The van der Waals surface area contributed by atoms with Gasteiger partial charge in [-0.25, -0.2) is 43.9 Å². The fourth-order valence-corrected chi connectivity index (χ4v) is 3.41. The molecule has 0 aromatic carbocycles. The minimum absolute atomic E-state index is 0.0760. The van der Waals surface area contributed by atoms with Gasteiger partial charge in [0, 0.05) is 26.1 Å². The van der Waals surface area contributed by atoms with Crippen LogP contribution in [0.25, 0.3) is 0 Å². The topological polar surface area (TPSA) is 73.8 Å². The van der Waals surface area contributed by atoms with Gasteiger partial charge < -0.3 is 23.7 Å². The van der Waals surface area contributed by atoms with Gasteiger partial charge in [0.05, 0.1) is 66.5 Å². The van der Waals surface area contributed by atoms with Crippen molar-refractivity contribution in [3.05, 3.63) is 0 Å². The van der Waals surface area contributed by atoms with Gasteiger partial charge in [-0.1, -0.05) is 0 Å². The Hall–Kier alpha value is -1.44. The van der Waals surface area contributed by atoms with Gasteiger partial charge in [-0.3, -0.25) is 0 Å². The molecule has 2 saturated carbocycles. The molecule has 0 bridgehead atoms. The van der Waals surface area contributed by atoms with Crippen LogP contribution in [0, 0.1) is 0 Å². The monoisotopic (exact) mass is 786 g/mol. The van der Waals surface area contributed by atoms with E-state index in [1.807, 2.05) is 0 Å². The third-order valence-corrected chi connectivity index (χ3v) is 5.69. The van der Waals surface area contributed by atoms with Gasteiger partial charge in [-0.05, 0) is 27.4 Å². The van der Waals surface area contributed by atoms with Crippen LogP contribution in [0.15, 0.2) is 0 Å². The number of hydrogen-bond acceptors (Lipinski definition) is 8. The second-order valence-corrected chi connectivity index (χ2v) is 9.84. The molecular weight excluding hydrogens is 744 g/mol. The summed E-state index contributed by atoms with van der Waals surface area (Å²) in [5.41, 5.74) is 0. The molecule has 2 atom stereocenters. The molecule has 2 aliphatic rings. The molecule has 2 fully saturated rings. The lowest BCUT2D eigenvalue weighted by atomic mass is 9.81. The first-order valence-corrected chi connectivity index (χ1v) is 14.3. The average Bonchev–Trinajstić information content (AvgIpc) is 2.99. The highest BCUT2D eigenvalue weighted by Crippen LogP contribution is 2.60. The van der Waals surface area contributed by atoms with Crippen LogP contribution in [-0.4, -0.2) is 122 Å². The predicted octanol–water partition coefficient (Wildman–Crippen LogP) is 8.47. The predicted molar refractivity (Wildman–Crippen MR) is 140 cm³/mol. The Morgan fingerprint density at radius 3 is 1.36 bits per heavy atom. The summed E-state index contributed by atoms with van der Waals surface area (Å²) < 4.78 is 216. The first-order chi connectivity index (χ1) is 23.0. The SMILES string of the molecule is CCOC1(F)CC(F)(F)C1(F)OCCOCCC(F)(F)CF.CCOCCC(F)(F)CF.COF.COF.FOCCOC1(F)CC(F)(F)C1. The minimum atomic E-state index is -4.07. The van der Waals surface area contributed by atoms with E-state index in [0.717, 1.165) is 14.2 Å². The molecule has 0 spiro atoms. The molecule has 2 unspecified atom stereocenters. The first kappa shape index (κ1) is 52.9. The molecule has 0 heterocycles. The second kappa shape index (κ2) is 25.5. The number of alkyl halides is 13. The maximum absolute atomic E-state index is 14.0. The zero-order valence-electron chi connectivity index (χ0n) is 27.4. The smallest absolute Gasteiger partial charge is 0.332 e. The highest BCUT2D eigenvalue weighted by atomic mass is 19.3. The largest absolute Gasteiger partial charge is 0.382 e. The van der Waals surface area contributed by atoms with E-state index in [1.165, 1.54) is 6.92 Å². The summed E-state index contributed by atoms with van der Waals surface area (Å²) in [6.07, 6.45) is -4.84. The number of rotatable bonds is 19. The van der Waals surface area contributed by atoms with E-state index in [4.69, 9.17) is 0 Å². The van der Waals surface area contributed by atoms with Gasteiger partial charge in [0.2, 0.25) is 5.85 Å². The Labute approximate surface area is 277 Å². The molecule has 0 aromatic heterocycles. The molecule has 306 valence electrons. The minimum Gasteiger partial charge on any atom is -0.382 e. The molecule has 0 aromatic rings. The van der Waals surface area contributed by atoms with Crippen molar-refractivity contribution in [1.82, 2.24) is 0 Å². The van der Waals surface area contributed by atoms with Gasteiger partial charge in [0.25, 0.3) is 23.6 Å². The molecule has 0 aliphatic heterocycles. The average molecular weight is 787 g/mol. The summed E-state index contributed by atoms with van der Waals surface area (Å²) >= 11 is 0. The highest BCUT2D eigenvalue weighted by molar-refractivity contribution is 5.11. The Bertz CT molecular complexity index is 827. The molecule has 2 aliphatic carbocycles. The molecule has 0 radical (unpaired) electrons. The van der Waals surface area contributed by atoms with Crippen LogP contribution in [0.1, 0.15) is 46.0 Å². The summed E-state index contributed by atoms with van der Waals surface area (Å²) in [5, 5.41) is 0. The van der Waals surface area contributed by atoms with Crippen LogP contribution >= 0.6 is 0 Å². The van der Waals surface area contributed by atoms with E-state index in [-0.39, 0.29) is 19.8 Å². The van der Waals surface area contributed by atoms with Crippen molar-refractivity contribution in [2.45, 2.75) is 87.2 Å². The number of ether oxygens (including phenoxy) is 5. The van der Waals surface area contributed by atoms with Crippen LogP contribution < -0.4 is 0 Å². The second-order valence-electron chi connectivity index (χ2n) is 9.84. The summed E-state index contributed by atoms with van der Waals surface area (Å²) in [6.45, 7) is -3.20. The molecule has 24 heteroatoms. The molecule has 50 heavy (non-hydrogen) atoms. The van der Waals surface area contributed by atoms with Crippen LogP contribution in [0.5, 0.6) is 0 Å². The lowest BCUT2D eigenvalue weighted by Gasteiger charge is -2.51. The molecule has 0 amide bonds. The van der Waals surface area contributed by atoms with E-state index in [9.17, 15) is 70.7 Å². The fraction of sp³-hybridized carbons (Fsp3) is 1.00.